The number of thiazole rings is 1. The van der Waals surface area contributed by atoms with Crippen LogP contribution in [0.25, 0.3) is 11.1 Å². The first kappa shape index (κ1) is 17.4. The van der Waals surface area contributed by atoms with Gasteiger partial charge in [0, 0.05) is 43.2 Å². The summed E-state index contributed by atoms with van der Waals surface area (Å²) >= 11 is 1.62. The van der Waals surface area contributed by atoms with Crippen LogP contribution in [0.3, 0.4) is 0 Å². The molecule has 9 heteroatoms. The zero-order valence-electron chi connectivity index (χ0n) is 14.3. The number of nitrogens with zero attached hydrogens (tertiary/aromatic N) is 3. The minimum absolute atomic E-state index is 0.162. The zero-order chi connectivity index (χ0) is 18.3. The summed E-state index contributed by atoms with van der Waals surface area (Å²) in [6, 6.07) is 4.63. The lowest BCUT2D eigenvalue weighted by atomic mass is 9.99. The Morgan fingerprint density at radius 3 is 2.73 bits per heavy atom. The zero-order valence-corrected chi connectivity index (χ0v) is 15.9. The monoisotopic (exact) mass is 393 g/mol. The molecule has 4 rings (SSSR count). The Balaban J connectivity index is 1.59. The largest absolute Gasteiger partial charge is 0.419 e. The second-order valence-electron chi connectivity index (χ2n) is 6.29. The summed E-state index contributed by atoms with van der Waals surface area (Å²) in [4.78, 5) is 16.3. The van der Waals surface area contributed by atoms with E-state index in [1.807, 2.05) is 12.3 Å². The minimum Gasteiger partial charge on any atom is -0.408 e. The van der Waals surface area contributed by atoms with Crippen LogP contribution in [0.5, 0.6) is 0 Å². The number of aromatic nitrogens is 2. The molecule has 138 valence electrons. The molecule has 1 saturated heterocycles. The van der Waals surface area contributed by atoms with E-state index in [0.29, 0.717) is 36.7 Å². The van der Waals surface area contributed by atoms with E-state index in [1.54, 1.807) is 29.7 Å². The van der Waals surface area contributed by atoms with Crippen molar-refractivity contribution in [1.82, 2.24) is 13.9 Å². The summed E-state index contributed by atoms with van der Waals surface area (Å²) in [5.74, 6) is -0.151. The number of piperidine rings is 1. The molecular weight excluding hydrogens is 374 g/mol. The lowest BCUT2D eigenvalue weighted by molar-refractivity contribution is 0.319. The summed E-state index contributed by atoms with van der Waals surface area (Å²) in [7, 11) is -3.61. The summed E-state index contributed by atoms with van der Waals surface area (Å²) in [6.07, 6.45) is 3.31. The minimum atomic E-state index is -3.61. The van der Waals surface area contributed by atoms with E-state index in [2.05, 4.69) is 4.98 Å². The van der Waals surface area contributed by atoms with Crippen molar-refractivity contribution < 1.29 is 12.8 Å². The average Bonchev–Trinajstić information content (AvgIpc) is 3.28. The molecule has 0 N–H and O–H groups in total. The Morgan fingerprint density at radius 2 is 2.08 bits per heavy atom. The van der Waals surface area contributed by atoms with Gasteiger partial charge in [-0.15, -0.1) is 11.3 Å². The molecule has 1 aliphatic rings. The van der Waals surface area contributed by atoms with Crippen LogP contribution in [-0.4, -0.2) is 35.4 Å². The van der Waals surface area contributed by atoms with Crippen molar-refractivity contribution in [2.45, 2.75) is 37.1 Å². The fraction of sp³-hybridized carbons (Fsp3) is 0.412. The third-order valence-corrected chi connectivity index (χ3v) is 7.68. The molecule has 1 aromatic carbocycles. The van der Waals surface area contributed by atoms with Gasteiger partial charge in [0.05, 0.1) is 15.4 Å². The lowest BCUT2D eigenvalue weighted by Gasteiger charge is -2.30. The number of benzene rings is 1. The molecular formula is C17H19N3O4S2. The first-order chi connectivity index (χ1) is 12.5. The first-order valence-electron chi connectivity index (χ1n) is 8.53. The van der Waals surface area contributed by atoms with Crippen LogP contribution in [0.15, 0.2) is 43.9 Å². The van der Waals surface area contributed by atoms with Gasteiger partial charge in [-0.25, -0.2) is 18.2 Å². The number of rotatable bonds is 4. The molecule has 0 unspecified atom stereocenters. The smallest absolute Gasteiger partial charge is 0.408 e. The van der Waals surface area contributed by atoms with Gasteiger partial charge < -0.3 is 4.42 Å². The van der Waals surface area contributed by atoms with E-state index in [1.165, 1.54) is 14.9 Å². The highest BCUT2D eigenvalue weighted by Gasteiger charge is 2.31. The van der Waals surface area contributed by atoms with Gasteiger partial charge in [0.1, 0.15) is 0 Å². The van der Waals surface area contributed by atoms with Gasteiger partial charge in [-0.2, -0.15) is 4.31 Å². The highest BCUT2D eigenvalue weighted by atomic mass is 32.2. The first-order valence-corrected chi connectivity index (χ1v) is 10.9. The van der Waals surface area contributed by atoms with Gasteiger partial charge in [0.15, 0.2) is 5.58 Å². The van der Waals surface area contributed by atoms with Crippen molar-refractivity contribution in [3.63, 3.8) is 0 Å². The molecule has 0 bridgehead atoms. The molecule has 0 spiro atoms. The molecule has 2 aromatic heterocycles. The van der Waals surface area contributed by atoms with Crippen molar-refractivity contribution in [2.24, 2.45) is 0 Å². The Bertz CT molecular complexity index is 1080. The third kappa shape index (κ3) is 2.89. The number of fused-ring (bicyclic) bond motifs is 1. The van der Waals surface area contributed by atoms with E-state index < -0.39 is 15.8 Å². The molecule has 1 aliphatic heterocycles. The normalized spacial score (nSPS) is 17.1. The Morgan fingerprint density at radius 1 is 1.31 bits per heavy atom. The number of hydrogen-bond acceptors (Lipinski definition) is 6. The second kappa shape index (κ2) is 6.64. The Hall–Kier alpha value is -1.97. The van der Waals surface area contributed by atoms with Crippen LogP contribution in [0.4, 0.5) is 0 Å². The molecule has 3 heterocycles. The summed E-state index contributed by atoms with van der Waals surface area (Å²) in [6.45, 7) is 3.24. The van der Waals surface area contributed by atoms with Crippen molar-refractivity contribution in [2.75, 3.05) is 13.1 Å². The number of oxazole rings is 1. The predicted molar refractivity (Wildman–Crippen MR) is 99.0 cm³/mol. The fourth-order valence-corrected chi connectivity index (χ4v) is 5.73. The molecule has 0 radical (unpaired) electrons. The van der Waals surface area contributed by atoms with Crippen LogP contribution < -0.4 is 5.76 Å². The standard InChI is InChI=1S/C17H19N3O4S2/c1-2-20-14-4-3-13(11-15(14)24-17(20)21)26(22,23)19-8-5-12(6-9-19)16-18-7-10-25-16/h3-4,7,10-12H,2,5-6,8-9H2,1H3. The summed E-state index contributed by atoms with van der Waals surface area (Å²) < 4.78 is 34.1. The van der Waals surface area contributed by atoms with Crippen LogP contribution >= 0.6 is 11.3 Å². The SMILES string of the molecule is CCn1c(=O)oc2cc(S(=O)(=O)N3CCC(c4nccs4)CC3)ccc21. The topological polar surface area (TPSA) is 85.4 Å². The average molecular weight is 393 g/mol. The second-order valence-corrected chi connectivity index (χ2v) is 9.15. The van der Waals surface area contributed by atoms with Gasteiger partial charge in [0.25, 0.3) is 0 Å². The number of aryl methyl sites for hydroxylation is 1. The third-order valence-electron chi connectivity index (χ3n) is 4.85. The maximum Gasteiger partial charge on any atom is 0.419 e. The van der Waals surface area contributed by atoms with E-state index in [9.17, 15) is 13.2 Å². The van der Waals surface area contributed by atoms with Crippen molar-refractivity contribution in [1.29, 1.82) is 0 Å². The van der Waals surface area contributed by atoms with Crippen LogP contribution in [0.2, 0.25) is 0 Å². The van der Waals surface area contributed by atoms with Crippen LogP contribution in [0, 0.1) is 0 Å². The summed E-state index contributed by atoms with van der Waals surface area (Å²) in [5, 5.41) is 3.02. The van der Waals surface area contributed by atoms with Crippen molar-refractivity contribution in [3.8, 4) is 0 Å². The fourth-order valence-electron chi connectivity index (χ4n) is 3.43. The van der Waals surface area contributed by atoms with Gasteiger partial charge in [-0.1, -0.05) is 0 Å². The number of sulfonamides is 1. The highest BCUT2D eigenvalue weighted by Crippen LogP contribution is 2.32. The van der Waals surface area contributed by atoms with Crippen LogP contribution in [-0.2, 0) is 16.6 Å². The van der Waals surface area contributed by atoms with Crippen molar-refractivity contribution >= 4 is 32.5 Å². The van der Waals surface area contributed by atoms with E-state index >= 15 is 0 Å². The van der Waals surface area contributed by atoms with Crippen LogP contribution in [0.1, 0.15) is 30.7 Å². The Kier molecular flexibility index (Phi) is 4.45. The maximum absolute atomic E-state index is 13.0. The van der Waals surface area contributed by atoms with Gasteiger partial charge in [0.2, 0.25) is 10.0 Å². The molecule has 0 aliphatic carbocycles. The Labute approximate surface area is 154 Å². The molecule has 0 atom stereocenters. The van der Waals surface area contributed by atoms with Gasteiger partial charge in [-0.05, 0) is 31.9 Å². The van der Waals surface area contributed by atoms with E-state index in [-0.39, 0.29) is 4.90 Å². The van der Waals surface area contributed by atoms with Crippen molar-refractivity contribution in [3.05, 3.63) is 45.3 Å². The maximum atomic E-state index is 13.0. The van der Waals surface area contributed by atoms with E-state index in [0.717, 1.165) is 17.8 Å². The predicted octanol–water partition coefficient (Wildman–Crippen LogP) is 2.64. The van der Waals surface area contributed by atoms with E-state index in [4.69, 9.17) is 4.42 Å². The summed E-state index contributed by atoms with van der Waals surface area (Å²) in [5.41, 5.74) is 0.912. The molecule has 3 aromatic rings. The quantitative estimate of drug-likeness (QED) is 0.680. The lowest BCUT2D eigenvalue weighted by Crippen LogP contribution is -2.37. The molecule has 26 heavy (non-hydrogen) atoms. The molecule has 1 fully saturated rings. The molecule has 0 amide bonds. The van der Waals surface area contributed by atoms with Gasteiger partial charge >= 0.3 is 5.76 Å². The highest BCUT2D eigenvalue weighted by molar-refractivity contribution is 7.89. The number of hydrogen-bond donors (Lipinski definition) is 0. The molecule has 0 saturated carbocycles. The van der Waals surface area contributed by atoms with Gasteiger partial charge in [-0.3, -0.25) is 4.57 Å². The molecule has 7 nitrogen and oxygen atoms in total.